The molecule has 8 heteroatoms. The largest absolute Gasteiger partial charge is 0.493 e. The van der Waals surface area contributed by atoms with Crippen molar-refractivity contribution in [3.63, 3.8) is 0 Å². The van der Waals surface area contributed by atoms with Gasteiger partial charge in [0.2, 0.25) is 11.7 Å². The number of rotatable bonds is 9. The standard InChI is InChI=1S/C26H33ClN2O5/c1-16(2)9-10-28-25(30)21-15-29(26(31)17-7-6-8-19(27)11-17)14-20(21)18-12-22(32-3)24(34-5)23(13-18)33-4/h6-8,11-13,16,20-21H,9-10,14-15H2,1-5H3,(H,28,30)/t20-,21+/m0/s1. The second-order valence-electron chi connectivity index (χ2n) is 8.87. The summed E-state index contributed by atoms with van der Waals surface area (Å²) in [5.41, 5.74) is 1.34. The Hall–Kier alpha value is -2.93. The highest BCUT2D eigenvalue weighted by molar-refractivity contribution is 6.30. The summed E-state index contributed by atoms with van der Waals surface area (Å²) < 4.78 is 16.5. The predicted molar refractivity (Wildman–Crippen MR) is 132 cm³/mol. The Morgan fingerprint density at radius 1 is 1.06 bits per heavy atom. The zero-order valence-electron chi connectivity index (χ0n) is 20.4. The van der Waals surface area contributed by atoms with E-state index in [1.165, 1.54) is 0 Å². The lowest BCUT2D eigenvalue weighted by atomic mass is 9.87. The maximum atomic E-state index is 13.3. The van der Waals surface area contributed by atoms with Gasteiger partial charge in [-0.25, -0.2) is 0 Å². The number of carbonyl (C=O) groups is 2. The average Bonchev–Trinajstić information content (AvgIpc) is 3.28. The second-order valence-corrected chi connectivity index (χ2v) is 9.30. The van der Waals surface area contributed by atoms with Crippen LogP contribution in [0.25, 0.3) is 0 Å². The number of amides is 2. The van der Waals surface area contributed by atoms with Crippen LogP contribution in [0.3, 0.4) is 0 Å². The minimum Gasteiger partial charge on any atom is -0.493 e. The summed E-state index contributed by atoms with van der Waals surface area (Å²) in [6, 6.07) is 10.6. The maximum absolute atomic E-state index is 13.3. The number of methoxy groups -OCH3 is 3. The molecular formula is C26H33ClN2O5. The number of benzene rings is 2. The van der Waals surface area contributed by atoms with E-state index in [0.717, 1.165) is 12.0 Å². The second kappa shape index (κ2) is 11.5. The van der Waals surface area contributed by atoms with Crippen LogP contribution in [0.1, 0.15) is 42.1 Å². The van der Waals surface area contributed by atoms with E-state index in [4.69, 9.17) is 25.8 Å². The number of hydrogen-bond acceptors (Lipinski definition) is 5. The number of hydrogen-bond donors (Lipinski definition) is 1. The summed E-state index contributed by atoms with van der Waals surface area (Å²) in [6.45, 7) is 5.52. The lowest BCUT2D eigenvalue weighted by Crippen LogP contribution is -2.36. The van der Waals surface area contributed by atoms with E-state index < -0.39 is 5.92 Å². The SMILES string of the molecule is COc1cc([C@@H]2CN(C(=O)c3cccc(Cl)c3)C[C@H]2C(=O)NCCC(C)C)cc(OC)c1OC. The van der Waals surface area contributed by atoms with Gasteiger partial charge in [0, 0.05) is 36.1 Å². The van der Waals surface area contributed by atoms with E-state index in [1.807, 2.05) is 12.1 Å². The first-order chi connectivity index (χ1) is 16.3. The normalized spacial score (nSPS) is 17.6. The Labute approximate surface area is 206 Å². The number of carbonyl (C=O) groups excluding carboxylic acids is 2. The molecule has 0 radical (unpaired) electrons. The fourth-order valence-electron chi connectivity index (χ4n) is 4.31. The van der Waals surface area contributed by atoms with Gasteiger partial charge in [-0.2, -0.15) is 0 Å². The third-order valence-electron chi connectivity index (χ3n) is 6.15. The van der Waals surface area contributed by atoms with Crippen molar-refractivity contribution in [2.45, 2.75) is 26.2 Å². The van der Waals surface area contributed by atoms with Crippen molar-refractivity contribution in [3.8, 4) is 17.2 Å². The smallest absolute Gasteiger partial charge is 0.253 e. The molecule has 0 unspecified atom stereocenters. The van der Waals surface area contributed by atoms with Gasteiger partial charge in [0.25, 0.3) is 5.91 Å². The number of nitrogens with zero attached hydrogens (tertiary/aromatic N) is 1. The molecule has 0 bridgehead atoms. The Morgan fingerprint density at radius 2 is 1.74 bits per heavy atom. The summed E-state index contributed by atoms with van der Waals surface area (Å²) in [5, 5.41) is 3.55. The number of nitrogens with one attached hydrogen (secondary N) is 1. The van der Waals surface area contributed by atoms with Crippen molar-refractivity contribution in [2.24, 2.45) is 11.8 Å². The summed E-state index contributed by atoms with van der Waals surface area (Å²) in [7, 11) is 4.66. The van der Waals surface area contributed by atoms with Crippen LogP contribution in [0.15, 0.2) is 36.4 Å². The van der Waals surface area contributed by atoms with Crippen LogP contribution < -0.4 is 19.5 Å². The summed E-state index contributed by atoms with van der Waals surface area (Å²) in [6.07, 6.45) is 0.887. The molecule has 1 aliphatic heterocycles. The van der Waals surface area contributed by atoms with Gasteiger partial charge >= 0.3 is 0 Å². The molecular weight excluding hydrogens is 456 g/mol. The fourth-order valence-corrected chi connectivity index (χ4v) is 4.50. The molecule has 0 saturated carbocycles. The molecule has 34 heavy (non-hydrogen) atoms. The summed E-state index contributed by atoms with van der Waals surface area (Å²) in [4.78, 5) is 28.2. The van der Waals surface area contributed by atoms with Crippen LogP contribution in [0.5, 0.6) is 17.2 Å². The Kier molecular flexibility index (Phi) is 8.67. The highest BCUT2D eigenvalue weighted by Crippen LogP contribution is 2.43. The minimum absolute atomic E-state index is 0.0687. The van der Waals surface area contributed by atoms with Gasteiger partial charge in [-0.15, -0.1) is 0 Å². The Morgan fingerprint density at radius 3 is 2.29 bits per heavy atom. The minimum atomic E-state index is -0.418. The van der Waals surface area contributed by atoms with Crippen LogP contribution in [-0.2, 0) is 4.79 Å². The molecule has 1 N–H and O–H groups in total. The molecule has 0 aliphatic carbocycles. The van der Waals surface area contributed by atoms with Gasteiger partial charge in [0.05, 0.1) is 27.2 Å². The van der Waals surface area contributed by atoms with Crippen LogP contribution in [-0.4, -0.2) is 57.7 Å². The van der Waals surface area contributed by atoms with Crippen molar-refractivity contribution in [2.75, 3.05) is 41.0 Å². The van der Waals surface area contributed by atoms with E-state index in [-0.39, 0.29) is 17.7 Å². The van der Waals surface area contributed by atoms with Gasteiger partial charge < -0.3 is 24.4 Å². The van der Waals surface area contributed by atoms with Crippen molar-refractivity contribution in [3.05, 3.63) is 52.5 Å². The molecule has 7 nitrogen and oxygen atoms in total. The molecule has 2 amide bonds. The third kappa shape index (κ3) is 5.76. The molecule has 1 fully saturated rings. The highest BCUT2D eigenvalue weighted by Gasteiger charge is 2.41. The molecule has 2 aromatic rings. The van der Waals surface area contributed by atoms with E-state index in [1.54, 1.807) is 50.5 Å². The average molecular weight is 489 g/mol. The lowest BCUT2D eigenvalue weighted by Gasteiger charge is -2.21. The number of halogens is 1. The quantitative estimate of drug-likeness (QED) is 0.566. The van der Waals surface area contributed by atoms with Crippen molar-refractivity contribution in [1.82, 2.24) is 10.2 Å². The molecule has 0 aromatic heterocycles. The molecule has 1 aliphatic rings. The van der Waals surface area contributed by atoms with Crippen LogP contribution in [0, 0.1) is 11.8 Å². The molecule has 3 rings (SSSR count). The van der Waals surface area contributed by atoms with Crippen molar-refractivity contribution in [1.29, 1.82) is 0 Å². The molecule has 2 atom stereocenters. The first kappa shape index (κ1) is 25.7. The van der Waals surface area contributed by atoms with Gasteiger partial charge in [0.1, 0.15) is 0 Å². The number of likely N-dealkylation sites (tertiary alicyclic amines) is 1. The van der Waals surface area contributed by atoms with Crippen molar-refractivity contribution >= 4 is 23.4 Å². The Bertz CT molecular complexity index is 1000. The van der Waals surface area contributed by atoms with Crippen LogP contribution >= 0.6 is 11.6 Å². The number of ether oxygens (including phenoxy) is 3. The van der Waals surface area contributed by atoms with E-state index >= 15 is 0 Å². The van der Waals surface area contributed by atoms with Crippen molar-refractivity contribution < 1.29 is 23.8 Å². The Balaban J connectivity index is 1.94. The molecule has 184 valence electrons. The molecule has 0 spiro atoms. The summed E-state index contributed by atoms with van der Waals surface area (Å²) in [5.74, 6) is 1.10. The predicted octanol–water partition coefficient (Wildman–Crippen LogP) is 4.38. The first-order valence-electron chi connectivity index (χ1n) is 11.4. The maximum Gasteiger partial charge on any atom is 0.253 e. The molecule has 1 saturated heterocycles. The molecule has 1 heterocycles. The highest BCUT2D eigenvalue weighted by atomic mass is 35.5. The zero-order valence-corrected chi connectivity index (χ0v) is 21.1. The monoisotopic (exact) mass is 488 g/mol. The van der Waals surface area contributed by atoms with E-state index in [0.29, 0.717) is 53.4 Å². The third-order valence-corrected chi connectivity index (χ3v) is 6.39. The van der Waals surface area contributed by atoms with Crippen LogP contribution in [0.4, 0.5) is 0 Å². The summed E-state index contributed by atoms with van der Waals surface area (Å²) >= 11 is 6.10. The van der Waals surface area contributed by atoms with Gasteiger partial charge in [0.15, 0.2) is 11.5 Å². The van der Waals surface area contributed by atoms with Gasteiger partial charge in [-0.05, 0) is 48.2 Å². The molecule has 2 aromatic carbocycles. The lowest BCUT2D eigenvalue weighted by molar-refractivity contribution is -0.124. The van der Waals surface area contributed by atoms with Crippen LogP contribution in [0.2, 0.25) is 5.02 Å². The van der Waals surface area contributed by atoms with E-state index in [2.05, 4.69) is 19.2 Å². The first-order valence-corrected chi connectivity index (χ1v) is 11.8. The van der Waals surface area contributed by atoms with Gasteiger partial charge in [-0.3, -0.25) is 9.59 Å². The van der Waals surface area contributed by atoms with Gasteiger partial charge in [-0.1, -0.05) is 31.5 Å². The van der Waals surface area contributed by atoms with E-state index in [9.17, 15) is 9.59 Å². The zero-order chi connectivity index (χ0) is 24.8. The topological polar surface area (TPSA) is 77.1 Å². The fraction of sp³-hybridized carbons (Fsp3) is 0.462.